The van der Waals surface area contributed by atoms with Gasteiger partial charge in [-0.3, -0.25) is 4.79 Å². The van der Waals surface area contributed by atoms with Gasteiger partial charge in [-0.05, 0) is 34.0 Å². The lowest BCUT2D eigenvalue weighted by Crippen LogP contribution is -2.07. The summed E-state index contributed by atoms with van der Waals surface area (Å²) in [5.41, 5.74) is 1.33. The number of carbonyl (C=O) groups is 1. The topological polar surface area (TPSA) is 17.1 Å². The van der Waals surface area contributed by atoms with Crippen LogP contribution in [0.1, 0.15) is 11.1 Å². The molecule has 0 radical (unpaired) electrons. The minimum absolute atomic E-state index is 0.00966. The Morgan fingerprint density at radius 2 is 2.12 bits per heavy atom. The molecule has 0 saturated carbocycles. The van der Waals surface area contributed by atoms with Crippen LogP contribution in [0.5, 0.6) is 0 Å². The summed E-state index contributed by atoms with van der Waals surface area (Å²) in [5.74, 6) is -0.502. The Hall–Kier alpha value is -1.19. The Balaban J connectivity index is 2.06. The van der Waals surface area contributed by atoms with E-state index in [1.54, 1.807) is 23.5 Å². The van der Waals surface area contributed by atoms with Gasteiger partial charge in [0.15, 0.2) is 0 Å². The van der Waals surface area contributed by atoms with E-state index in [2.05, 4.69) is 0 Å². The monoisotopic (exact) mass is 268 g/mol. The first kappa shape index (κ1) is 12.3. The standard InChI is InChI=1S/C13H10ClFOS/c14-12-3-1-2-10(13(12)15)7-11(16)6-9-4-5-17-8-9/h1-5,8H,6-7H2. The van der Waals surface area contributed by atoms with E-state index >= 15 is 0 Å². The van der Waals surface area contributed by atoms with Crippen LogP contribution in [0.3, 0.4) is 0 Å². The fraction of sp³-hybridized carbons (Fsp3) is 0.154. The van der Waals surface area contributed by atoms with Gasteiger partial charge in [-0.15, -0.1) is 0 Å². The predicted molar refractivity (Wildman–Crippen MR) is 68.1 cm³/mol. The van der Waals surface area contributed by atoms with Gasteiger partial charge in [0.25, 0.3) is 0 Å². The molecular weight excluding hydrogens is 259 g/mol. The summed E-state index contributed by atoms with van der Waals surface area (Å²) in [4.78, 5) is 11.7. The van der Waals surface area contributed by atoms with Crippen molar-refractivity contribution in [3.8, 4) is 0 Å². The fourth-order valence-corrected chi connectivity index (χ4v) is 2.44. The van der Waals surface area contributed by atoms with E-state index in [0.717, 1.165) is 5.56 Å². The Bertz CT molecular complexity index is 522. The number of thiophene rings is 1. The quantitative estimate of drug-likeness (QED) is 0.822. The van der Waals surface area contributed by atoms with E-state index in [-0.39, 0.29) is 17.2 Å². The van der Waals surface area contributed by atoms with E-state index < -0.39 is 5.82 Å². The average molecular weight is 269 g/mol. The lowest BCUT2D eigenvalue weighted by molar-refractivity contribution is -0.117. The maximum Gasteiger partial charge on any atom is 0.145 e. The van der Waals surface area contributed by atoms with Crippen molar-refractivity contribution in [1.82, 2.24) is 0 Å². The van der Waals surface area contributed by atoms with Gasteiger partial charge in [0, 0.05) is 12.8 Å². The predicted octanol–water partition coefficient (Wildman–Crippen LogP) is 3.89. The van der Waals surface area contributed by atoms with Crippen LogP contribution in [0, 0.1) is 5.82 Å². The lowest BCUT2D eigenvalue weighted by atomic mass is 10.0. The second kappa shape index (κ2) is 5.43. The first-order valence-corrected chi connectivity index (χ1v) is 6.44. The van der Waals surface area contributed by atoms with E-state index in [9.17, 15) is 9.18 Å². The molecule has 0 saturated heterocycles. The van der Waals surface area contributed by atoms with Gasteiger partial charge in [0.1, 0.15) is 11.6 Å². The van der Waals surface area contributed by atoms with E-state index in [1.807, 2.05) is 16.8 Å². The van der Waals surface area contributed by atoms with Crippen molar-refractivity contribution in [2.24, 2.45) is 0 Å². The van der Waals surface area contributed by atoms with Crippen molar-refractivity contribution in [3.05, 3.63) is 57.0 Å². The van der Waals surface area contributed by atoms with Crippen LogP contribution in [0.4, 0.5) is 4.39 Å². The SMILES string of the molecule is O=C(Cc1ccsc1)Cc1cccc(Cl)c1F. The molecule has 0 atom stereocenters. The molecule has 0 aliphatic heterocycles. The molecule has 1 aromatic heterocycles. The number of Topliss-reactive ketones (excluding diaryl/α,β-unsaturated/α-hetero) is 1. The van der Waals surface area contributed by atoms with Crippen LogP contribution in [0.2, 0.25) is 5.02 Å². The molecule has 88 valence electrons. The van der Waals surface area contributed by atoms with Crippen LogP contribution in [-0.2, 0) is 17.6 Å². The van der Waals surface area contributed by atoms with Crippen LogP contribution in [0.25, 0.3) is 0 Å². The van der Waals surface area contributed by atoms with Gasteiger partial charge < -0.3 is 0 Å². The van der Waals surface area contributed by atoms with Crippen molar-refractivity contribution in [1.29, 1.82) is 0 Å². The first-order chi connectivity index (χ1) is 8.16. The van der Waals surface area contributed by atoms with Crippen molar-refractivity contribution >= 4 is 28.7 Å². The molecule has 0 fully saturated rings. The minimum atomic E-state index is -0.493. The number of hydrogen-bond acceptors (Lipinski definition) is 2. The van der Waals surface area contributed by atoms with Crippen LogP contribution >= 0.6 is 22.9 Å². The molecule has 1 nitrogen and oxygen atoms in total. The summed E-state index contributed by atoms with van der Waals surface area (Å²) in [6, 6.07) is 6.62. The average Bonchev–Trinajstić information content (AvgIpc) is 2.77. The van der Waals surface area contributed by atoms with Crippen molar-refractivity contribution < 1.29 is 9.18 Å². The molecule has 0 aliphatic rings. The largest absolute Gasteiger partial charge is 0.299 e. The number of benzene rings is 1. The Labute approximate surface area is 108 Å². The minimum Gasteiger partial charge on any atom is -0.299 e. The normalized spacial score (nSPS) is 10.5. The van der Waals surface area contributed by atoms with Gasteiger partial charge in [0.2, 0.25) is 0 Å². The van der Waals surface area contributed by atoms with E-state index in [0.29, 0.717) is 12.0 Å². The highest BCUT2D eigenvalue weighted by atomic mass is 35.5. The Kier molecular flexibility index (Phi) is 3.92. The van der Waals surface area contributed by atoms with Crippen molar-refractivity contribution in [2.75, 3.05) is 0 Å². The number of carbonyl (C=O) groups excluding carboxylic acids is 1. The molecule has 0 bridgehead atoms. The highest BCUT2D eigenvalue weighted by Crippen LogP contribution is 2.19. The van der Waals surface area contributed by atoms with E-state index in [4.69, 9.17) is 11.6 Å². The number of halogens is 2. The van der Waals surface area contributed by atoms with Crippen LogP contribution in [-0.4, -0.2) is 5.78 Å². The molecule has 1 heterocycles. The number of rotatable bonds is 4. The highest BCUT2D eigenvalue weighted by Gasteiger charge is 2.11. The van der Waals surface area contributed by atoms with Crippen LogP contribution in [0.15, 0.2) is 35.0 Å². The van der Waals surface area contributed by atoms with Gasteiger partial charge >= 0.3 is 0 Å². The van der Waals surface area contributed by atoms with Crippen molar-refractivity contribution in [3.63, 3.8) is 0 Å². The summed E-state index contributed by atoms with van der Waals surface area (Å²) < 4.78 is 13.6. The molecule has 1 aromatic carbocycles. The second-order valence-corrected chi connectivity index (χ2v) is 4.92. The summed E-state index contributed by atoms with van der Waals surface area (Å²) in [5, 5.41) is 3.90. The lowest BCUT2D eigenvalue weighted by Gasteiger charge is -2.03. The third kappa shape index (κ3) is 3.14. The molecular formula is C13H10ClFOS. The van der Waals surface area contributed by atoms with Crippen LogP contribution < -0.4 is 0 Å². The third-order valence-electron chi connectivity index (χ3n) is 2.40. The maximum absolute atomic E-state index is 13.6. The molecule has 0 N–H and O–H groups in total. The Morgan fingerprint density at radius 3 is 2.82 bits per heavy atom. The number of ketones is 1. The zero-order valence-corrected chi connectivity index (χ0v) is 10.5. The van der Waals surface area contributed by atoms with Gasteiger partial charge in [-0.25, -0.2) is 4.39 Å². The second-order valence-electron chi connectivity index (χ2n) is 3.74. The number of hydrogen-bond donors (Lipinski definition) is 0. The summed E-state index contributed by atoms with van der Waals surface area (Å²) in [6.45, 7) is 0. The summed E-state index contributed by atoms with van der Waals surface area (Å²) in [6.07, 6.45) is 0.428. The zero-order chi connectivity index (χ0) is 12.3. The maximum atomic E-state index is 13.6. The Morgan fingerprint density at radius 1 is 1.29 bits per heavy atom. The molecule has 4 heteroatoms. The van der Waals surface area contributed by atoms with Gasteiger partial charge in [0.05, 0.1) is 5.02 Å². The molecule has 0 amide bonds. The molecule has 2 rings (SSSR count). The zero-order valence-electron chi connectivity index (χ0n) is 8.95. The van der Waals surface area contributed by atoms with Crippen molar-refractivity contribution in [2.45, 2.75) is 12.8 Å². The van der Waals surface area contributed by atoms with E-state index in [1.165, 1.54) is 6.07 Å². The third-order valence-corrected chi connectivity index (χ3v) is 3.42. The fourth-order valence-electron chi connectivity index (χ4n) is 1.58. The summed E-state index contributed by atoms with van der Waals surface area (Å²) >= 11 is 7.20. The van der Waals surface area contributed by atoms with Gasteiger partial charge in [-0.1, -0.05) is 23.7 Å². The summed E-state index contributed by atoms with van der Waals surface area (Å²) in [7, 11) is 0. The first-order valence-electron chi connectivity index (χ1n) is 5.12. The molecule has 0 aliphatic carbocycles. The molecule has 17 heavy (non-hydrogen) atoms. The smallest absolute Gasteiger partial charge is 0.145 e. The molecule has 0 unspecified atom stereocenters. The van der Waals surface area contributed by atoms with Gasteiger partial charge in [-0.2, -0.15) is 11.3 Å². The highest BCUT2D eigenvalue weighted by molar-refractivity contribution is 7.08. The molecule has 0 spiro atoms. The molecule has 2 aromatic rings.